The third-order valence-corrected chi connectivity index (χ3v) is 5.33. The lowest BCUT2D eigenvalue weighted by molar-refractivity contribution is 0.0929. The number of thiazole rings is 1. The minimum atomic E-state index is -0.0915. The maximum atomic E-state index is 12.8. The van der Waals surface area contributed by atoms with Crippen LogP contribution in [0, 0.1) is 6.92 Å². The number of carbonyl (C=O) groups is 1. The monoisotopic (exact) mass is 338 g/mol. The van der Waals surface area contributed by atoms with Gasteiger partial charge >= 0.3 is 0 Å². The molecule has 4 rings (SSSR count). The molecule has 0 bridgehead atoms. The van der Waals surface area contributed by atoms with Gasteiger partial charge in [0.2, 0.25) is 0 Å². The Morgan fingerprint density at radius 2 is 2.17 bits per heavy atom. The standard InChI is InChI=1S/C18H18N4OS/c1-11-21-16(17(24-11)12-5-3-2-4-6-12)18(23)22-13-7-8-14-15(9-13)20-10-19-14/h2-6,10,13H,7-9H2,1H3,(H,19,20)(H,22,23). The normalized spacial score (nSPS) is 16.6. The second kappa shape index (κ2) is 6.20. The van der Waals surface area contributed by atoms with E-state index in [1.54, 1.807) is 17.7 Å². The lowest BCUT2D eigenvalue weighted by atomic mass is 9.96. The molecule has 24 heavy (non-hydrogen) atoms. The fourth-order valence-electron chi connectivity index (χ4n) is 3.14. The molecule has 1 amide bonds. The van der Waals surface area contributed by atoms with E-state index in [9.17, 15) is 4.79 Å². The molecule has 5 nitrogen and oxygen atoms in total. The molecule has 1 aromatic carbocycles. The molecule has 0 saturated carbocycles. The van der Waals surface area contributed by atoms with Gasteiger partial charge in [0.25, 0.3) is 5.91 Å². The van der Waals surface area contributed by atoms with Gasteiger partial charge in [-0.2, -0.15) is 0 Å². The predicted molar refractivity (Wildman–Crippen MR) is 94.2 cm³/mol. The van der Waals surface area contributed by atoms with Gasteiger partial charge in [-0.1, -0.05) is 30.3 Å². The summed E-state index contributed by atoms with van der Waals surface area (Å²) >= 11 is 1.56. The molecule has 0 spiro atoms. The molecule has 6 heteroatoms. The first-order valence-electron chi connectivity index (χ1n) is 8.05. The number of nitrogens with zero attached hydrogens (tertiary/aromatic N) is 2. The number of nitrogens with one attached hydrogen (secondary N) is 2. The Hall–Kier alpha value is -2.47. The molecular formula is C18H18N4OS. The van der Waals surface area contributed by atoms with Crippen LogP contribution in [0.5, 0.6) is 0 Å². The number of hydrogen-bond acceptors (Lipinski definition) is 4. The van der Waals surface area contributed by atoms with E-state index in [1.807, 2.05) is 37.3 Å². The summed E-state index contributed by atoms with van der Waals surface area (Å²) in [6.45, 7) is 1.94. The van der Waals surface area contributed by atoms with Gasteiger partial charge in [-0.15, -0.1) is 11.3 Å². The van der Waals surface area contributed by atoms with Crippen molar-refractivity contribution in [2.75, 3.05) is 0 Å². The highest BCUT2D eigenvalue weighted by molar-refractivity contribution is 7.15. The number of hydrogen-bond donors (Lipinski definition) is 2. The van der Waals surface area contributed by atoms with E-state index in [0.29, 0.717) is 5.69 Å². The summed E-state index contributed by atoms with van der Waals surface area (Å²) in [5, 5.41) is 4.05. The van der Waals surface area contributed by atoms with E-state index in [1.165, 1.54) is 0 Å². The number of aromatic nitrogens is 3. The first-order valence-corrected chi connectivity index (χ1v) is 8.87. The Labute approximate surface area is 144 Å². The van der Waals surface area contributed by atoms with Crippen LogP contribution in [-0.4, -0.2) is 26.9 Å². The molecular weight excluding hydrogens is 320 g/mol. The fraction of sp³-hybridized carbons (Fsp3) is 0.278. The number of amides is 1. The SMILES string of the molecule is Cc1nc(C(=O)NC2CCc3nc[nH]c3C2)c(-c2ccccc2)s1. The molecule has 1 aliphatic carbocycles. The van der Waals surface area contributed by atoms with Crippen molar-refractivity contribution in [3.63, 3.8) is 0 Å². The van der Waals surface area contributed by atoms with Crippen molar-refractivity contribution in [1.82, 2.24) is 20.3 Å². The van der Waals surface area contributed by atoms with Gasteiger partial charge in [0, 0.05) is 18.2 Å². The molecule has 1 aliphatic rings. The maximum absolute atomic E-state index is 12.8. The summed E-state index contributed by atoms with van der Waals surface area (Å²) in [6.07, 6.45) is 4.33. The Morgan fingerprint density at radius 1 is 1.33 bits per heavy atom. The number of fused-ring (bicyclic) bond motifs is 1. The van der Waals surface area contributed by atoms with Crippen molar-refractivity contribution in [3.8, 4) is 10.4 Å². The Bertz CT molecular complexity index is 868. The van der Waals surface area contributed by atoms with Crippen LogP contribution in [0.15, 0.2) is 36.7 Å². The second-order valence-electron chi connectivity index (χ2n) is 6.02. The van der Waals surface area contributed by atoms with Crippen LogP contribution < -0.4 is 5.32 Å². The fourth-order valence-corrected chi connectivity index (χ4v) is 4.07. The zero-order valence-corrected chi connectivity index (χ0v) is 14.2. The van der Waals surface area contributed by atoms with Crippen LogP contribution in [0.3, 0.4) is 0 Å². The summed E-state index contributed by atoms with van der Waals surface area (Å²) in [4.78, 5) is 25.7. The number of rotatable bonds is 3. The van der Waals surface area contributed by atoms with E-state index in [0.717, 1.165) is 46.1 Å². The molecule has 1 unspecified atom stereocenters. The van der Waals surface area contributed by atoms with Gasteiger partial charge in [0.1, 0.15) is 5.69 Å². The first kappa shape index (κ1) is 15.1. The molecule has 2 aromatic heterocycles. The summed E-state index contributed by atoms with van der Waals surface area (Å²) in [7, 11) is 0. The van der Waals surface area contributed by atoms with Gasteiger partial charge in [0.05, 0.1) is 21.9 Å². The number of H-pyrrole nitrogens is 1. The van der Waals surface area contributed by atoms with Crippen molar-refractivity contribution in [2.24, 2.45) is 0 Å². The molecule has 3 aromatic rings. The van der Waals surface area contributed by atoms with E-state index in [4.69, 9.17) is 0 Å². The average molecular weight is 338 g/mol. The molecule has 122 valence electrons. The van der Waals surface area contributed by atoms with Crippen molar-refractivity contribution in [1.29, 1.82) is 0 Å². The van der Waals surface area contributed by atoms with Crippen LogP contribution in [0.1, 0.15) is 33.3 Å². The molecule has 1 atom stereocenters. The van der Waals surface area contributed by atoms with Crippen molar-refractivity contribution >= 4 is 17.2 Å². The summed E-state index contributed by atoms with van der Waals surface area (Å²) in [6, 6.07) is 10.1. The Morgan fingerprint density at radius 3 is 3.00 bits per heavy atom. The van der Waals surface area contributed by atoms with Crippen molar-refractivity contribution in [2.45, 2.75) is 32.2 Å². The highest BCUT2D eigenvalue weighted by Crippen LogP contribution is 2.30. The maximum Gasteiger partial charge on any atom is 0.271 e. The predicted octanol–water partition coefficient (Wildman–Crippen LogP) is 3.13. The Kier molecular flexibility index (Phi) is 3.90. The number of carbonyl (C=O) groups excluding carboxylic acids is 1. The van der Waals surface area contributed by atoms with Gasteiger partial charge in [-0.25, -0.2) is 9.97 Å². The van der Waals surface area contributed by atoms with Gasteiger partial charge in [-0.05, 0) is 25.3 Å². The number of aryl methyl sites for hydroxylation is 2. The highest BCUT2D eigenvalue weighted by atomic mass is 32.1. The zero-order chi connectivity index (χ0) is 16.5. The molecule has 0 saturated heterocycles. The summed E-state index contributed by atoms with van der Waals surface area (Å²) in [5.41, 5.74) is 3.81. The largest absolute Gasteiger partial charge is 0.348 e. The molecule has 0 radical (unpaired) electrons. The van der Waals surface area contributed by atoms with E-state index < -0.39 is 0 Å². The number of aromatic amines is 1. The second-order valence-corrected chi connectivity index (χ2v) is 7.22. The molecule has 0 aliphatic heterocycles. The molecule has 0 fully saturated rings. The van der Waals surface area contributed by atoms with Gasteiger partial charge in [0.15, 0.2) is 0 Å². The van der Waals surface area contributed by atoms with Crippen LogP contribution in [0.4, 0.5) is 0 Å². The zero-order valence-electron chi connectivity index (χ0n) is 13.4. The van der Waals surface area contributed by atoms with E-state index in [-0.39, 0.29) is 11.9 Å². The van der Waals surface area contributed by atoms with Crippen molar-refractivity contribution < 1.29 is 4.79 Å². The van der Waals surface area contributed by atoms with Crippen LogP contribution in [0.2, 0.25) is 0 Å². The topological polar surface area (TPSA) is 70.7 Å². The smallest absolute Gasteiger partial charge is 0.271 e. The average Bonchev–Trinajstić information content (AvgIpc) is 3.21. The quantitative estimate of drug-likeness (QED) is 0.771. The van der Waals surface area contributed by atoms with Crippen LogP contribution in [-0.2, 0) is 12.8 Å². The molecule has 2 N–H and O–H groups in total. The van der Waals surface area contributed by atoms with E-state index in [2.05, 4.69) is 20.3 Å². The number of imidazole rings is 1. The minimum absolute atomic E-state index is 0.0915. The van der Waals surface area contributed by atoms with Crippen molar-refractivity contribution in [3.05, 3.63) is 58.7 Å². The Balaban J connectivity index is 1.55. The number of benzene rings is 1. The summed E-state index contributed by atoms with van der Waals surface area (Å²) < 4.78 is 0. The first-order chi connectivity index (χ1) is 11.7. The summed E-state index contributed by atoms with van der Waals surface area (Å²) in [5.74, 6) is -0.0915. The van der Waals surface area contributed by atoms with Gasteiger partial charge in [-0.3, -0.25) is 4.79 Å². The van der Waals surface area contributed by atoms with E-state index >= 15 is 0 Å². The van der Waals surface area contributed by atoms with Crippen LogP contribution in [0.25, 0.3) is 10.4 Å². The third-order valence-electron chi connectivity index (χ3n) is 4.31. The third kappa shape index (κ3) is 2.85. The lowest BCUT2D eigenvalue weighted by Crippen LogP contribution is -2.39. The molecule has 2 heterocycles. The van der Waals surface area contributed by atoms with Crippen LogP contribution >= 0.6 is 11.3 Å². The lowest BCUT2D eigenvalue weighted by Gasteiger charge is -2.22. The highest BCUT2D eigenvalue weighted by Gasteiger charge is 2.25. The minimum Gasteiger partial charge on any atom is -0.348 e. The van der Waals surface area contributed by atoms with Gasteiger partial charge < -0.3 is 10.3 Å².